The quantitative estimate of drug-likeness (QED) is 0.731. The molecule has 1 aliphatic heterocycles. The molecule has 1 aliphatic rings. The summed E-state index contributed by atoms with van der Waals surface area (Å²) in [4.78, 5) is 7.34. The summed E-state index contributed by atoms with van der Waals surface area (Å²) in [6.07, 6.45) is 1.79. The van der Waals surface area contributed by atoms with Crippen LogP contribution < -0.4 is 10.2 Å². The predicted molar refractivity (Wildman–Crippen MR) is 113 cm³/mol. The van der Waals surface area contributed by atoms with Crippen LogP contribution in [0.4, 0.5) is 5.69 Å². The van der Waals surface area contributed by atoms with E-state index in [-0.39, 0.29) is 0 Å². The maximum Gasteiger partial charge on any atom is 0.206 e. The first-order valence-corrected chi connectivity index (χ1v) is 11.1. The number of fused-ring (bicyclic) bond motifs is 1. The van der Waals surface area contributed by atoms with E-state index in [1.165, 1.54) is 0 Å². The first-order valence-electron chi connectivity index (χ1n) is 9.66. The van der Waals surface area contributed by atoms with Gasteiger partial charge in [0.25, 0.3) is 0 Å². The molecule has 0 bridgehead atoms. The van der Waals surface area contributed by atoms with Crippen LogP contribution in [0.2, 0.25) is 0 Å². The minimum absolute atomic E-state index is 0.307. The zero-order valence-corrected chi connectivity index (χ0v) is 17.0. The first kappa shape index (κ1) is 18.9. The molecule has 2 heterocycles. The molecule has 0 aliphatic carbocycles. The average molecular weight is 396 g/mol. The van der Waals surface area contributed by atoms with Gasteiger partial charge in [-0.1, -0.05) is 26.0 Å². The number of anilines is 1. The van der Waals surface area contributed by atoms with Crippen molar-refractivity contribution in [3.8, 4) is 0 Å². The summed E-state index contributed by atoms with van der Waals surface area (Å²) in [5.74, 6) is 0.366. The third-order valence-corrected chi connectivity index (χ3v) is 7.08. The minimum atomic E-state index is -3.58. The number of aromatic nitrogens is 1. The van der Waals surface area contributed by atoms with E-state index in [2.05, 4.69) is 29.0 Å². The van der Waals surface area contributed by atoms with Crippen LogP contribution in [0.1, 0.15) is 25.3 Å². The minimum Gasteiger partial charge on any atom is -0.368 e. The predicted octanol–water partition coefficient (Wildman–Crippen LogP) is 3.60. The molecule has 0 saturated carbocycles. The number of sulfone groups is 1. The number of piperazine rings is 1. The van der Waals surface area contributed by atoms with Crippen molar-refractivity contribution in [2.75, 3.05) is 31.1 Å². The van der Waals surface area contributed by atoms with Gasteiger partial charge in [0.1, 0.15) is 0 Å². The van der Waals surface area contributed by atoms with Gasteiger partial charge >= 0.3 is 0 Å². The van der Waals surface area contributed by atoms with Crippen molar-refractivity contribution in [3.63, 3.8) is 0 Å². The molecule has 0 atom stereocenters. The van der Waals surface area contributed by atoms with Gasteiger partial charge in [-0.05, 0) is 47.9 Å². The Morgan fingerprint density at radius 3 is 2.32 bits per heavy atom. The average Bonchev–Trinajstić information content (AvgIpc) is 2.73. The van der Waals surface area contributed by atoms with Crippen LogP contribution in [0, 0.1) is 0 Å². The zero-order valence-electron chi connectivity index (χ0n) is 16.2. The standard InChI is InChI=1S/C22H25N3O2S/c1-16(2)17-3-5-18(6-4-17)28(26,27)19-7-8-21-20(15-19)22(9-10-24-21)25-13-11-23-12-14-25/h3-10,15-16,23H,11-14H2,1-2H3. The Labute approximate surface area is 166 Å². The molecule has 2 aromatic carbocycles. The molecule has 0 radical (unpaired) electrons. The van der Waals surface area contributed by atoms with Gasteiger partial charge in [0.2, 0.25) is 9.84 Å². The first-order chi connectivity index (χ1) is 13.5. The van der Waals surface area contributed by atoms with Crippen LogP contribution in [0.3, 0.4) is 0 Å². The number of hydrogen-bond donors (Lipinski definition) is 1. The molecule has 5 nitrogen and oxygen atoms in total. The van der Waals surface area contributed by atoms with Crippen molar-refractivity contribution < 1.29 is 8.42 Å². The second-order valence-corrected chi connectivity index (χ2v) is 9.42. The fourth-order valence-corrected chi connectivity index (χ4v) is 4.91. The largest absolute Gasteiger partial charge is 0.368 e. The maximum atomic E-state index is 13.2. The fourth-order valence-electron chi connectivity index (χ4n) is 3.63. The molecule has 1 saturated heterocycles. The number of benzene rings is 2. The van der Waals surface area contributed by atoms with Crippen molar-refractivity contribution >= 4 is 26.4 Å². The van der Waals surface area contributed by atoms with Gasteiger partial charge in [0.05, 0.1) is 15.3 Å². The van der Waals surface area contributed by atoms with E-state index in [4.69, 9.17) is 0 Å². The number of rotatable bonds is 4. The van der Waals surface area contributed by atoms with Gasteiger partial charge in [-0.2, -0.15) is 0 Å². The summed E-state index contributed by atoms with van der Waals surface area (Å²) in [5, 5.41) is 4.23. The van der Waals surface area contributed by atoms with Crippen molar-refractivity contribution in [2.45, 2.75) is 29.6 Å². The fraction of sp³-hybridized carbons (Fsp3) is 0.318. The lowest BCUT2D eigenvalue weighted by Gasteiger charge is -2.30. The third-order valence-electron chi connectivity index (χ3n) is 5.32. The molecule has 1 aromatic heterocycles. The summed E-state index contributed by atoms with van der Waals surface area (Å²) in [5.41, 5.74) is 2.98. The number of nitrogens with one attached hydrogen (secondary N) is 1. The molecule has 1 N–H and O–H groups in total. The highest BCUT2D eigenvalue weighted by Crippen LogP contribution is 2.30. The topological polar surface area (TPSA) is 62.3 Å². The molecule has 0 spiro atoms. The van der Waals surface area contributed by atoms with Gasteiger partial charge in [0, 0.05) is 43.4 Å². The number of pyridine rings is 1. The Hall–Kier alpha value is -2.44. The smallest absolute Gasteiger partial charge is 0.206 e. The van der Waals surface area contributed by atoms with E-state index in [1.54, 1.807) is 36.5 Å². The Morgan fingerprint density at radius 2 is 1.64 bits per heavy atom. The summed E-state index contributed by atoms with van der Waals surface area (Å²) < 4.78 is 26.4. The highest BCUT2D eigenvalue weighted by atomic mass is 32.2. The zero-order chi connectivity index (χ0) is 19.7. The van der Waals surface area contributed by atoms with Gasteiger partial charge < -0.3 is 10.2 Å². The molecule has 1 fully saturated rings. The number of nitrogens with zero attached hydrogens (tertiary/aromatic N) is 2. The van der Waals surface area contributed by atoms with Crippen LogP contribution in [0.5, 0.6) is 0 Å². The molecule has 146 valence electrons. The summed E-state index contributed by atoms with van der Waals surface area (Å²) in [6, 6.07) is 14.4. The van der Waals surface area contributed by atoms with E-state index >= 15 is 0 Å². The lowest BCUT2D eigenvalue weighted by molar-refractivity contribution is 0.590. The Kier molecular flexibility index (Phi) is 5.08. The van der Waals surface area contributed by atoms with Crippen LogP contribution >= 0.6 is 0 Å². The van der Waals surface area contributed by atoms with Gasteiger partial charge in [-0.3, -0.25) is 4.98 Å². The normalized spacial score (nSPS) is 15.3. The summed E-state index contributed by atoms with van der Waals surface area (Å²) in [6.45, 7) is 7.82. The second-order valence-electron chi connectivity index (χ2n) is 7.47. The molecule has 0 unspecified atom stereocenters. The monoisotopic (exact) mass is 395 g/mol. The molecule has 28 heavy (non-hydrogen) atoms. The molecule has 0 amide bonds. The maximum absolute atomic E-state index is 13.2. The summed E-state index contributed by atoms with van der Waals surface area (Å²) in [7, 11) is -3.58. The molecule has 6 heteroatoms. The molecular formula is C22H25N3O2S. The van der Waals surface area contributed by atoms with Crippen LogP contribution in [-0.4, -0.2) is 39.6 Å². The van der Waals surface area contributed by atoms with E-state index in [0.29, 0.717) is 15.7 Å². The van der Waals surface area contributed by atoms with Crippen molar-refractivity contribution in [2.24, 2.45) is 0 Å². The van der Waals surface area contributed by atoms with Crippen LogP contribution in [-0.2, 0) is 9.84 Å². The summed E-state index contributed by atoms with van der Waals surface area (Å²) >= 11 is 0. The van der Waals surface area contributed by atoms with E-state index in [9.17, 15) is 8.42 Å². The van der Waals surface area contributed by atoms with Gasteiger partial charge in [-0.15, -0.1) is 0 Å². The van der Waals surface area contributed by atoms with Crippen molar-refractivity contribution in [3.05, 3.63) is 60.3 Å². The molecule has 4 rings (SSSR count). The Morgan fingerprint density at radius 1 is 0.964 bits per heavy atom. The lowest BCUT2D eigenvalue weighted by Crippen LogP contribution is -2.43. The van der Waals surface area contributed by atoms with Crippen molar-refractivity contribution in [1.82, 2.24) is 10.3 Å². The van der Waals surface area contributed by atoms with E-state index in [1.807, 2.05) is 18.2 Å². The SMILES string of the molecule is CC(C)c1ccc(S(=O)(=O)c2ccc3nccc(N4CCNCC4)c3c2)cc1. The van der Waals surface area contributed by atoms with Gasteiger partial charge in [-0.25, -0.2) is 8.42 Å². The Bertz CT molecular complexity index is 1090. The van der Waals surface area contributed by atoms with Crippen LogP contribution in [0.15, 0.2) is 64.5 Å². The molecule has 3 aromatic rings. The van der Waals surface area contributed by atoms with Crippen LogP contribution in [0.25, 0.3) is 10.9 Å². The molecular weight excluding hydrogens is 370 g/mol. The highest BCUT2D eigenvalue weighted by Gasteiger charge is 2.20. The van der Waals surface area contributed by atoms with Gasteiger partial charge in [0.15, 0.2) is 0 Å². The van der Waals surface area contributed by atoms with E-state index in [0.717, 1.165) is 48.3 Å². The van der Waals surface area contributed by atoms with Crippen molar-refractivity contribution in [1.29, 1.82) is 0 Å². The van der Waals surface area contributed by atoms with E-state index < -0.39 is 9.84 Å². The third kappa shape index (κ3) is 3.50. The lowest BCUT2D eigenvalue weighted by atomic mass is 10.0. The highest BCUT2D eigenvalue weighted by molar-refractivity contribution is 7.91. The Balaban J connectivity index is 1.77. The number of hydrogen-bond acceptors (Lipinski definition) is 5. The second kappa shape index (κ2) is 7.53.